The highest BCUT2D eigenvalue weighted by Gasteiger charge is 2.44. The molecular weight excluding hydrogens is 379 g/mol. The van der Waals surface area contributed by atoms with Gasteiger partial charge in [0.25, 0.3) is 0 Å². The maximum Gasteiger partial charge on any atom is 0.164 e. The summed E-state index contributed by atoms with van der Waals surface area (Å²) in [5, 5.41) is 29.7. The largest absolute Gasteiger partial charge is 0.394 e. The lowest BCUT2D eigenvalue weighted by molar-refractivity contribution is -0.0509. The summed E-state index contributed by atoms with van der Waals surface area (Å²) in [5.74, 6) is 0.338. The van der Waals surface area contributed by atoms with E-state index in [1.807, 2.05) is 0 Å². The van der Waals surface area contributed by atoms with Crippen molar-refractivity contribution in [3.63, 3.8) is 0 Å². The van der Waals surface area contributed by atoms with Gasteiger partial charge in [-0.15, -0.1) is 0 Å². The van der Waals surface area contributed by atoms with Crippen LogP contribution in [0.3, 0.4) is 0 Å². The van der Waals surface area contributed by atoms with E-state index in [0.717, 1.165) is 3.57 Å². The van der Waals surface area contributed by atoms with Crippen molar-refractivity contribution in [1.82, 2.24) is 14.5 Å². The monoisotopic (exact) mass is 392 g/mol. The van der Waals surface area contributed by atoms with E-state index in [2.05, 4.69) is 32.6 Å². The predicted octanol–water partition coefficient (Wildman–Crippen LogP) is -0.770. The number of nitrogens with two attached hydrogens (primary N) is 1. The molecule has 2 aromatic heterocycles. The van der Waals surface area contributed by atoms with Crippen LogP contribution in [-0.4, -0.2) is 54.8 Å². The highest BCUT2D eigenvalue weighted by molar-refractivity contribution is 14.1. The molecule has 1 saturated heterocycles. The summed E-state index contributed by atoms with van der Waals surface area (Å²) >= 11 is 2.09. The number of aromatic nitrogens is 3. The van der Waals surface area contributed by atoms with Gasteiger partial charge in [-0.05, 0) is 22.6 Å². The molecule has 3 rings (SSSR count). The molecule has 4 atom stereocenters. The minimum Gasteiger partial charge on any atom is -0.394 e. The lowest BCUT2D eigenvalue weighted by atomic mass is 10.1. The number of fused-ring (bicyclic) bond motifs is 1. The molecule has 9 heteroatoms. The standard InChI is InChI=1S/C11H13IN4O4/c12-4-1-16(10-6(4)9(13)14-3-15-10)11-8(19)7(18)5(2-17)20-11/h1,3,5,7-8,11,17-19H,2H2,(H2,13,14,15)/t5-,7+,8+,11+/m0/s1. The van der Waals surface area contributed by atoms with E-state index < -0.39 is 24.5 Å². The van der Waals surface area contributed by atoms with Gasteiger partial charge in [0.15, 0.2) is 6.23 Å². The van der Waals surface area contributed by atoms with Crippen LogP contribution in [0.1, 0.15) is 6.23 Å². The molecule has 2 aromatic rings. The molecule has 8 nitrogen and oxygen atoms in total. The lowest BCUT2D eigenvalue weighted by Crippen LogP contribution is -2.33. The molecule has 0 bridgehead atoms. The summed E-state index contributed by atoms with van der Waals surface area (Å²) in [6.45, 7) is -0.373. The maximum absolute atomic E-state index is 10.1. The van der Waals surface area contributed by atoms with Crippen molar-refractivity contribution in [2.75, 3.05) is 12.3 Å². The number of nitrogen functional groups attached to an aromatic ring is 1. The quantitative estimate of drug-likeness (QED) is 0.495. The van der Waals surface area contributed by atoms with E-state index in [-0.39, 0.29) is 6.61 Å². The van der Waals surface area contributed by atoms with Crippen molar-refractivity contribution in [2.24, 2.45) is 0 Å². The molecular formula is C11H13IN4O4. The Morgan fingerprint density at radius 1 is 1.35 bits per heavy atom. The van der Waals surface area contributed by atoms with Crippen molar-refractivity contribution < 1.29 is 20.1 Å². The number of hydrogen-bond donors (Lipinski definition) is 4. The number of rotatable bonds is 2. The highest BCUT2D eigenvalue weighted by atomic mass is 127. The van der Waals surface area contributed by atoms with Crippen LogP contribution in [0.5, 0.6) is 0 Å². The summed E-state index contributed by atoms with van der Waals surface area (Å²) in [7, 11) is 0. The Labute approximate surface area is 127 Å². The van der Waals surface area contributed by atoms with E-state index >= 15 is 0 Å². The number of aliphatic hydroxyl groups excluding tert-OH is 3. The Balaban J connectivity index is 2.10. The first kappa shape index (κ1) is 13.9. The molecule has 1 fully saturated rings. The van der Waals surface area contributed by atoms with Gasteiger partial charge in [0.05, 0.1) is 12.0 Å². The third kappa shape index (κ3) is 1.97. The topological polar surface area (TPSA) is 127 Å². The summed E-state index contributed by atoms with van der Waals surface area (Å²) in [4.78, 5) is 8.08. The van der Waals surface area contributed by atoms with Gasteiger partial charge in [0.2, 0.25) is 0 Å². The summed E-state index contributed by atoms with van der Waals surface area (Å²) < 4.78 is 7.90. The first-order valence-corrected chi connectivity index (χ1v) is 7.01. The van der Waals surface area contributed by atoms with Gasteiger partial charge in [-0.1, -0.05) is 0 Å². The Hall–Kier alpha value is -1.01. The minimum absolute atomic E-state index is 0.338. The van der Waals surface area contributed by atoms with E-state index in [9.17, 15) is 10.2 Å². The van der Waals surface area contributed by atoms with Gasteiger partial charge in [-0.25, -0.2) is 9.97 Å². The van der Waals surface area contributed by atoms with Crippen molar-refractivity contribution in [1.29, 1.82) is 0 Å². The second kappa shape index (κ2) is 5.07. The van der Waals surface area contributed by atoms with Crippen LogP contribution in [0.25, 0.3) is 11.0 Å². The molecule has 20 heavy (non-hydrogen) atoms. The van der Waals surface area contributed by atoms with Gasteiger partial charge in [0.1, 0.15) is 36.1 Å². The third-order valence-electron chi connectivity index (χ3n) is 3.38. The lowest BCUT2D eigenvalue weighted by Gasteiger charge is -2.17. The van der Waals surface area contributed by atoms with Gasteiger partial charge in [-0.3, -0.25) is 0 Å². The number of anilines is 1. The fourth-order valence-corrected chi connectivity index (χ4v) is 3.18. The molecule has 108 valence electrons. The molecule has 0 amide bonds. The zero-order chi connectivity index (χ0) is 14.4. The van der Waals surface area contributed by atoms with Crippen LogP contribution >= 0.6 is 22.6 Å². The van der Waals surface area contributed by atoms with E-state index in [1.165, 1.54) is 6.33 Å². The Bertz CT molecular complexity index is 649. The molecule has 3 heterocycles. The van der Waals surface area contributed by atoms with Crippen LogP contribution in [-0.2, 0) is 4.74 Å². The molecule has 5 N–H and O–H groups in total. The second-order valence-corrected chi connectivity index (χ2v) is 5.73. The number of hydrogen-bond acceptors (Lipinski definition) is 7. The fourth-order valence-electron chi connectivity index (χ4n) is 2.37. The van der Waals surface area contributed by atoms with Crippen LogP contribution in [0, 0.1) is 3.57 Å². The maximum atomic E-state index is 10.1. The Kier molecular flexibility index (Phi) is 3.54. The summed E-state index contributed by atoms with van der Waals surface area (Å²) in [6, 6.07) is 0. The van der Waals surface area contributed by atoms with Crippen molar-refractivity contribution in [3.8, 4) is 0 Å². The first-order chi connectivity index (χ1) is 9.54. The number of halogens is 1. The van der Waals surface area contributed by atoms with Crippen LogP contribution in [0.4, 0.5) is 5.82 Å². The molecule has 1 aliphatic rings. The Morgan fingerprint density at radius 3 is 2.75 bits per heavy atom. The molecule has 0 unspecified atom stereocenters. The third-order valence-corrected chi connectivity index (χ3v) is 4.20. The van der Waals surface area contributed by atoms with E-state index in [1.54, 1.807) is 10.8 Å². The first-order valence-electron chi connectivity index (χ1n) is 5.93. The average Bonchev–Trinajstić information content (AvgIpc) is 2.90. The normalized spacial score (nSPS) is 30.2. The van der Waals surface area contributed by atoms with Gasteiger partial charge >= 0.3 is 0 Å². The van der Waals surface area contributed by atoms with Crippen LogP contribution in [0.2, 0.25) is 0 Å². The Morgan fingerprint density at radius 2 is 2.10 bits per heavy atom. The average molecular weight is 392 g/mol. The van der Waals surface area contributed by atoms with E-state index in [0.29, 0.717) is 16.9 Å². The zero-order valence-electron chi connectivity index (χ0n) is 10.2. The van der Waals surface area contributed by atoms with Crippen molar-refractivity contribution in [2.45, 2.75) is 24.5 Å². The zero-order valence-corrected chi connectivity index (χ0v) is 12.4. The fraction of sp³-hybridized carbons (Fsp3) is 0.455. The van der Waals surface area contributed by atoms with Crippen molar-refractivity contribution >= 4 is 39.4 Å². The number of ether oxygens (including phenoxy) is 1. The van der Waals surface area contributed by atoms with E-state index in [4.69, 9.17) is 15.6 Å². The van der Waals surface area contributed by atoms with Gasteiger partial charge in [-0.2, -0.15) is 0 Å². The second-order valence-electron chi connectivity index (χ2n) is 4.57. The van der Waals surface area contributed by atoms with Gasteiger partial charge in [0, 0.05) is 9.77 Å². The molecule has 1 aliphatic heterocycles. The smallest absolute Gasteiger partial charge is 0.164 e. The van der Waals surface area contributed by atoms with Crippen molar-refractivity contribution in [3.05, 3.63) is 16.1 Å². The van der Waals surface area contributed by atoms with Crippen LogP contribution in [0.15, 0.2) is 12.5 Å². The predicted molar refractivity (Wildman–Crippen MR) is 77.7 cm³/mol. The summed E-state index contributed by atoms with van der Waals surface area (Å²) in [6.07, 6.45) is -0.928. The SMILES string of the molecule is Nc1ncnc2c1c(I)cn2[C@@H]1O[C@@H](CO)[C@@H](O)[C@H]1O. The number of nitrogens with zero attached hydrogens (tertiary/aromatic N) is 3. The summed E-state index contributed by atoms with van der Waals surface area (Å²) in [5.41, 5.74) is 6.33. The highest BCUT2D eigenvalue weighted by Crippen LogP contribution is 2.34. The van der Waals surface area contributed by atoms with Gasteiger partial charge < -0.3 is 30.4 Å². The molecule has 0 aliphatic carbocycles. The minimum atomic E-state index is -1.16. The molecule has 0 saturated carbocycles. The molecule has 0 spiro atoms. The number of aliphatic hydroxyl groups is 3. The van der Waals surface area contributed by atoms with Crippen LogP contribution < -0.4 is 5.73 Å². The molecule has 0 aromatic carbocycles. The molecule has 0 radical (unpaired) electrons.